The standard InChI is InChI=1S/C18H12FN3O6/c1-3-26-16(23)10-27-15-5-4-14(22(24)25)18(17(15)19)28-13-7-11(9-20)6-12(8-13)21-2/h4-8H,3,10H2,1H3. The van der Waals surface area contributed by atoms with E-state index in [0.717, 1.165) is 12.1 Å². The topological polar surface area (TPSA) is 116 Å². The summed E-state index contributed by atoms with van der Waals surface area (Å²) < 4.78 is 29.7. The molecule has 142 valence electrons. The Bertz CT molecular complexity index is 977. The third-order valence-electron chi connectivity index (χ3n) is 3.26. The molecule has 2 aromatic carbocycles. The normalized spacial score (nSPS) is 9.71. The number of nitrogens with zero attached hydrogens (tertiary/aromatic N) is 3. The van der Waals surface area contributed by atoms with Crippen molar-refractivity contribution in [1.82, 2.24) is 0 Å². The molecule has 0 heterocycles. The summed E-state index contributed by atoms with van der Waals surface area (Å²) in [5, 5.41) is 20.2. The molecule has 28 heavy (non-hydrogen) atoms. The highest BCUT2D eigenvalue weighted by Gasteiger charge is 2.25. The van der Waals surface area contributed by atoms with Crippen molar-refractivity contribution in [3.05, 3.63) is 63.2 Å². The summed E-state index contributed by atoms with van der Waals surface area (Å²) in [6.07, 6.45) is 0. The molecule has 0 aliphatic rings. The van der Waals surface area contributed by atoms with E-state index < -0.39 is 40.5 Å². The highest BCUT2D eigenvalue weighted by molar-refractivity contribution is 5.71. The monoisotopic (exact) mass is 385 g/mol. The van der Waals surface area contributed by atoms with Gasteiger partial charge in [0.15, 0.2) is 18.0 Å². The zero-order valence-corrected chi connectivity index (χ0v) is 14.5. The molecule has 0 unspecified atom stereocenters. The summed E-state index contributed by atoms with van der Waals surface area (Å²) in [6, 6.07) is 7.42. The van der Waals surface area contributed by atoms with E-state index in [0.29, 0.717) is 0 Å². The van der Waals surface area contributed by atoms with Gasteiger partial charge in [-0.2, -0.15) is 9.65 Å². The molecule has 0 fully saturated rings. The molecule has 2 rings (SSSR count). The van der Waals surface area contributed by atoms with Gasteiger partial charge in [-0.05, 0) is 31.2 Å². The van der Waals surface area contributed by atoms with E-state index in [1.807, 2.05) is 6.07 Å². The average Bonchev–Trinajstić information content (AvgIpc) is 2.68. The van der Waals surface area contributed by atoms with E-state index in [1.54, 1.807) is 6.92 Å². The van der Waals surface area contributed by atoms with Gasteiger partial charge < -0.3 is 14.2 Å². The number of nitro benzene ring substituents is 1. The lowest BCUT2D eigenvalue weighted by Gasteiger charge is -2.12. The second kappa shape index (κ2) is 8.96. The molecule has 0 amide bonds. The first-order valence-electron chi connectivity index (χ1n) is 7.75. The Hall–Kier alpha value is -4.18. The number of benzene rings is 2. The van der Waals surface area contributed by atoms with Gasteiger partial charge in [0.05, 0.1) is 24.2 Å². The Balaban J connectivity index is 2.43. The minimum Gasteiger partial charge on any atom is -0.479 e. The van der Waals surface area contributed by atoms with Crippen molar-refractivity contribution >= 4 is 17.3 Å². The van der Waals surface area contributed by atoms with E-state index in [1.165, 1.54) is 18.2 Å². The zero-order chi connectivity index (χ0) is 20.7. The number of carbonyl (C=O) groups excluding carboxylic acids is 1. The zero-order valence-electron chi connectivity index (χ0n) is 14.5. The molecule has 0 aromatic heterocycles. The molecule has 0 saturated heterocycles. The Labute approximate surface area is 158 Å². The Kier molecular flexibility index (Phi) is 6.44. The van der Waals surface area contributed by atoms with Crippen molar-refractivity contribution in [1.29, 1.82) is 5.26 Å². The number of nitro groups is 1. The first-order chi connectivity index (χ1) is 13.4. The molecule has 0 saturated carbocycles. The Morgan fingerprint density at radius 1 is 1.39 bits per heavy atom. The maximum atomic E-state index is 14.7. The van der Waals surface area contributed by atoms with Gasteiger partial charge in [-0.1, -0.05) is 0 Å². The molecular formula is C18H12FN3O6. The Morgan fingerprint density at radius 3 is 2.75 bits per heavy atom. The number of carbonyl (C=O) groups is 1. The van der Waals surface area contributed by atoms with Crippen molar-refractivity contribution in [3.8, 4) is 23.3 Å². The molecule has 0 aliphatic carbocycles. The van der Waals surface area contributed by atoms with Crippen LogP contribution in [0.3, 0.4) is 0 Å². The lowest BCUT2D eigenvalue weighted by molar-refractivity contribution is -0.385. The number of hydrogen-bond acceptors (Lipinski definition) is 7. The van der Waals surface area contributed by atoms with Crippen LogP contribution < -0.4 is 9.47 Å². The number of esters is 1. The third-order valence-corrected chi connectivity index (χ3v) is 3.26. The van der Waals surface area contributed by atoms with Gasteiger partial charge in [-0.15, -0.1) is 0 Å². The molecule has 0 N–H and O–H groups in total. The second-order valence-corrected chi connectivity index (χ2v) is 5.12. The van der Waals surface area contributed by atoms with Crippen LogP contribution in [0.5, 0.6) is 17.2 Å². The maximum absolute atomic E-state index is 14.7. The van der Waals surface area contributed by atoms with Crippen molar-refractivity contribution in [2.75, 3.05) is 13.2 Å². The van der Waals surface area contributed by atoms with Crippen LogP contribution in [0.4, 0.5) is 15.8 Å². The van der Waals surface area contributed by atoms with E-state index in [2.05, 4.69) is 9.58 Å². The summed E-state index contributed by atoms with van der Waals surface area (Å²) in [7, 11) is 0. The largest absolute Gasteiger partial charge is 0.479 e. The summed E-state index contributed by atoms with van der Waals surface area (Å²) in [6.45, 7) is 8.11. The quantitative estimate of drug-likeness (QED) is 0.307. The highest BCUT2D eigenvalue weighted by Crippen LogP contribution is 2.39. The molecule has 9 nitrogen and oxygen atoms in total. The van der Waals surface area contributed by atoms with Crippen molar-refractivity contribution in [2.45, 2.75) is 6.92 Å². The minimum atomic E-state index is -1.22. The van der Waals surface area contributed by atoms with E-state index in [9.17, 15) is 19.3 Å². The second-order valence-electron chi connectivity index (χ2n) is 5.12. The fourth-order valence-corrected chi connectivity index (χ4v) is 2.11. The van der Waals surface area contributed by atoms with E-state index in [-0.39, 0.29) is 23.6 Å². The molecular weight excluding hydrogens is 373 g/mol. The summed E-state index contributed by atoms with van der Waals surface area (Å²) in [4.78, 5) is 24.9. The van der Waals surface area contributed by atoms with Crippen LogP contribution in [-0.2, 0) is 9.53 Å². The molecule has 0 aliphatic heterocycles. The number of rotatable bonds is 7. The van der Waals surface area contributed by atoms with Crippen LogP contribution in [0.15, 0.2) is 30.3 Å². The molecule has 2 aromatic rings. The lowest BCUT2D eigenvalue weighted by Crippen LogP contribution is -2.15. The SMILES string of the molecule is [C-]#[N+]c1cc(C#N)cc(Oc2c([N+](=O)[O-])ccc(OCC(=O)OCC)c2F)c1. The highest BCUT2D eigenvalue weighted by atomic mass is 19.1. The van der Waals surface area contributed by atoms with Gasteiger partial charge >= 0.3 is 11.7 Å². The summed E-state index contributed by atoms with van der Waals surface area (Å²) >= 11 is 0. The number of ether oxygens (including phenoxy) is 3. The number of hydrogen-bond donors (Lipinski definition) is 0. The van der Waals surface area contributed by atoms with Gasteiger partial charge in [0.25, 0.3) is 0 Å². The van der Waals surface area contributed by atoms with Crippen LogP contribution in [0.25, 0.3) is 4.85 Å². The third kappa shape index (κ3) is 4.71. The Morgan fingerprint density at radius 2 is 2.14 bits per heavy atom. The number of nitriles is 1. The average molecular weight is 385 g/mol. The van der Waals surface area contributed by atoms with Gasteiger partial charge in [0.2, 0.25) is 11.6 Å². The van der Waals surface area contributed by atoms with Gasteiger partial charge in [0.1, 0.15) is 5.75 Å². The van der Waals surface area contributed by atoms with E-state index in [4.69, 9.17) is 21.3 Å². The van der Waals surface area contributed by atoms with Crippen LogP contribution in [0.2, 0.25) is 0 Å². The van der Waals surface area contributed by atoms with Crippen molar-refractivity contribution in [2.24, 2.45) is 0 Å². The summed E-state index contributed by atoms with van der Waals surface area (Å²) in [5.41, 5.74) is -0.610. The molecule has 0 atom stereocenters. The summed E-state index contributed by atoms with van der Waals surface area (Å²) in [5.74, 6) is -3.35. The minimum absolute atomic E-state index is 0.0341. The fraction of sp³-hybridized carbons (Fsp3) is 0.167. The van der Waals surface area contributed by atoms with Crippen LogP contribution >= 0.6 is 0 Å². The van der Waals surface area contributed by atoms with Crippen molar-refractivity contribution < 1.29 is 28.3 Å². The number of halogens is 1. The molecule has 0 spiro atoms. The van der Waals surface area contributed by atoms with Crippen LogP contribution in [0.1, 0.15) is 12.5 Å². The maximum Gasteiger partial charge on any atom is 0.344 e. The van der Waals surface area contributed by atoms with Crippen molar-refractivity contribution in [3.63, 3.8) is 0 Å². The van der Waals surface area contributed by atoms with Gasteiger partial charge in [-0.25, -0.2) is 9.64 Å². The molecule has 0 bridgehead atoms. The van der Waals surface area contributed by atoms with Crippen LogP contribution in [0, 0.1) is 33.8 Å². The molecule has 0 radical (unpaired) electrons. The first kappa shape index (κ1) is 20.1. The first-order valence-corrected chi connectivity index (χ1v) is 7.75. The molecule has 10 heteroatoms. The fourth-order valence-electron chi connectivity index (χ4n) is 2.11. The smallest absolute Gasteiger partial charge is 0.344 e. The van der Waals surface area contributed by atoms with Crippen LogP contribution in [-0.4, -0.2) is 24.1 Å². The van der Waals surface area contributed by atoms with Gasteiger partial charge in [0, 0.05) is 11.6 Å². The predicted molar refractivity (Wildman–Crippen MR) is 92.7 cm³/mol. The lowest BCUT2D eigenvalue weighted by atomic mass is 10.2. The predicted octanol–water partition coefficient (Wildman–Crippen LogP) is 3.89. The van der Waals surface area contributed by atoms with Gasteiger partial charge in [-0.3, -0.25) is 10.1 Å². The van der Waals surface area contributed by atoms with E-state index >= 15 is 0 Å².